The van der Waals surface area contributed by atoms with Crippen LogP contribution in [0.4, 0.5) is 4.79 Å². The maximum atomic E-state index is 13.4. The first kappa shape index (κ1) is 24.1. The molecule has 3 aromatic rings. The van der Waals surface area contributed by atoms with Crippen LogP contribution in [0.15, 0.2) is 54.7 Å². The van der Waals surface area contributed by atoms with E-state index in [-0.39, 0.29) is 23.6 Å². The zero-order chi connectivity index (χ0) is 25.5. The van der Waals surface area contributed by atoms with Crippen molar-refractivity contribution in [2.75, 3.05) is 13.2 Å². The molecule has 1 saturated carbocycles. The molecule has 1 atom stereocenters. The van der Waals surface area contributed by atoms with Crippen LogP contribution in [0.2, 0.25) is 0 Å². The summed E-state index contributed by atoms with van der Waals surface area (Å²) in [5, 5.41) is 4.37. The highest BCUT2D eigenvalue weighted by Gasteiger charge is 2.47. The summed E-state index contributed by atoms with van der Waals surface area (Å²) in [5.41, 5.74) is 2.61. The lowest BCUT2D eigenvalue weighted by molar-refractivity contribution is -0.0141. The zero-order valence-electron chi connectivity index (χ0n) is 21.3. The zero-order valence-corrected chi connectivity index (χ0v) is 21.3. The number of likely N-dealkylation sites (tertiary alicyclic amines) is 1. The van der Waals surface area contributed by atoms with E-state index in [0.29, 0.717) is 24.5 Å². The number of pyridine rings is 1. The van der Waals surface area contributed by atoms with Gasteiger partial charge in [-0.25, -0.2) is 4.79 Å². The number of nitrogens with one attached hydrogen (secondary N) is 1. The molecule has 5 rings (SSSR count). The van der Waals surface area contributed by atoms with E-state index in [1.165, 1.54) is 0 Å². The third-order valence-corrected chi connectivity index (χ3v) is 6.93. The Hall–Kier alpha value is -3.61. The van der Waals surface area contributed by atoms with Gasteiger partial charge in [0.05, 0.1) is 17.1 Å². The Balaban J connectivity index is 1.27. The van der Waals surface area contributed by atoms with Crippen LogP contribution in [0.5, 0.6) is 5.75 Å². The molecule has 0 unspecified atom stereocenters. The molecule has 2 amide bonds. The molecule has 0 bridgehead atoms. The average Bonchev–Trinajstić information content (AvgIpc) is 3.58. The minimum absolute atomic E-state index is 0.0341. The third-order valence-electron chi connectivity index (χ3n) is 6.93. The van der Waals surface area contributed by atoms with Crippen molar-refractivity contribution in [2.45, 2.75) is 64.1 Å². The second-order valence-electron chi connectivity index (χ2n) is 10.8. The van der Waals surface area contributed by atoms with Crippen molar-refractivity contribution >= 4 is 22.9 Å². The molecule has 0 spiro atoms. The molecule has 0 radical (unpaired) electrons. The van der Waals surface area contributed by atoms with Crippen LogP contribution < -0.4 is 10.1 Å². The minimum atomic E-state index is -0.529. The van der Waals surface area contributed by atoms with Gasteiger partial charge in [-0.3, -0.25) is 9.78 Å². The van der Waals surface area contributed by atoms with Crippen molar-refractivity contribution in [1.82, 2.24) is 15.2 Å². The maximum absolute atomic E-state index is 13.4. The Kier molecular flexibility index (Phi) is 6.10. The van der Waals surface area contributed by atoms with E-state index in [1.54, 1.807) is 17.2 Å². The molecule has 7 heteroatoms. The van der Waals surface area contributed by atoms with Gasteiger partial charge in [-0.05, 0) is 82.3 Å². The summed E-state index contributed by atoms with van der Waals surface area (Å²) < 4.78 is 11.5. The molecule has 1 aliphatic heterocycles. The number of aryl methyl sites for hydroxylation is 1. The summed E-state index contributed by atoms with van der Waals surface area (Å²) in [6.45, 7) is 8.52. The molecule has 2 aliphatic rings. The first-order valence-electron chi connectivity index (χ1n) is 12.6. The number of amides is 2. The van der Waals surface area contributed by atoms with Gasteiger partial charge in [-0.1, -0.05) is 24.3 Å². The van der Waals surface area contributed by atoms with Gasteiger partial charge in [-0.15, -0.1) is 0 Å². The fraction of sp³-hybridized carbons (Fsp3) is 0.414. The number of carbonyl (C=O) groups excluding carboxylic acids is 2. The summed E-state index contributed by atoms with van der Waals surface area (Å²) in [6, 6.07) is 15.6. The van der Waals surface area contributed by atoms with Crippen molar-refractivity contribution in [3.63, 3.8) is 0 Å². The molecular formula is C29H33N3O4. The molecule has 1 aliphatic carbocycles. The van der Waals surface area contributed by atoms with Crippen LogP contribution in [0.3, 0.4) is 0 Å². The number of hydrogen-bond donors (Lipinski definition) is 1. The largest absolute Gasteiger partial charge is 0.491 e. The quantitative estimate of drug-likeness (QED) is 0.507. The summed E-state index contributed by atoms with van der Waals surface area (Å²) in [7, 11) is 0. The van der Waals surface area contributed by atoms with Gasteiger partial charge >= 0.3 is 6.09 Å². The minimum Gasteiger partial charge on any atom is -0.491 e. The number of fused-ring (bicyclic) bond motifs is 1. The molecule has 36 heavy (non-hydrogen) atoms. The maximum Gasteiger partial charge on any atom is 0.410 e. The monoisotopic (exact) mass is 487 g/mol. The van der Waals surface area contributed by atoms with Gasteiger partial charge in [0.1, 0.15) is 18.0 Å². The smallest absolute Gasteiger partial charge is 0.410 e. The molecule has 1 saturated heterocycles. The van der Waals surface area contributed by atoms with E-state index in [1.807, 2.05) is 58.0 Å². The van der Waals surface area contributed by atoms with E-state index >= 15 is 0 Å². The molecule has 2 heterocycles. The Bertz CT molecular complexity index is 1300. The Morgan fingerprint density at radius 3 is 2.64 bits per heavy atom. The SMILES string of the molecule is Cc1ccc(OC[C@H]2CCN2C(=O)OC(C)(C)C)cc1C(=O)NC1(c2cccc3ncccc23)CC1. The second-order valence-corrected chi connectivity index (χ2v) is 10.8. The van der Waals surface area contributed by atoms with E-state index in [9.17, 15) is 9.59 Å². The number of aromatic nitrogens is 1. The predicted molar refractivity (Wildman–Crippen MR) is 138 cm³/mol. The molecule has 188 valence electrons. The lowest BCUT2D eigenvalue weighted by atomic mass is 9.98. The summed E-state index contributed by atoms with van der Waals surface area (Å²) in [6.07, 6.45) is 4.12. The number of rotatable bonds is 6. The highest BCUT2D eigenvalue weighted by atomic mass is 16.6. The Morgan fingerprint density at radius 1 is 1.14 bits per heavy atom. The van der Waals surface area contributed by atoms with E-state index in [0.717, 1.165) is 41.3 Å². The summed E-state index contributed by atoms with van der Waals surface area (Å²) >= 11 is 0. The molecule has 1 N–H and O–H groups in total. The number of nitrogens with zero attached hydrogens (tertiary/aromatic N) is 2. The fourth-order valence-electron chi connectivity index (χ4n) is 4.69. The summed E-state index contributed by atoms with van der Waals surface area (Å²) in [5.74, 6) is 0.497. The highest BCUT2D eigenvalue weighted by molar-refractivity contribution is 5.97. The van der Waals surface area contributed by atoms with Gasteiger partial charge in [0.15, 0.2) is 0 Å². The number of ether oxygens (including phenoxy) is 2. The van der Waals surface area contributed by atoms with Crippen molar-refractivity contribution in [1.29, 1.82) is 0 Å². The van der Waals surface area contributed by atoms with Gasteiger partial charge in [0.25, 0.3) is 5.91 Å². The highest BCUT2D eigenvalue weighted by Crippen LogP contribution is 2.48. The lowest BCUT2D eigenvalue weighted by Crippen LogP contribution is -2.55. The Morgan fingerprint density at radius 2 is 1.94 bits per heavy atom. The van der Waals surface area contributed by atoms with Gasteiger partial charge in [-0.2, -0.15) is 0 Å². The van der Waals surface area contributed by atoms with Crippen molar-refractivity contribution in [3.8, 4) is 5.75 Å². The van der Waals surface area contributed by atoms with Crippen LogP contribution in [-0.4, -0.2) is 46.7 Å². The third kappa shape index (κ3) is 4.87. The van der Waals surface area contributed by atoms with Gasteiger partial charge < -0.3 is 19.7 Å². The topological polar surface area (TPSA) is 80.8 Å². The standard InChI is InChI=1S/C29H33N3O4/c1-19-10-11-21(35-18-20-12-16-32(20)27(34)36-28(2,3)4)17-23(19)26(33)31-29(13-14-29)24-8-5-9-25-22(24)7-6-15-30-25/h5-11,15,17,20H,12-14,16,18H2,1-4H3,(H,31,33)/t20-/m1/s1. The van der Waals surface area contributed by atoms with E-state index < -0.39 is 5.60 Å². The number of benzene rings is 2. The second kappa shape index (κ2) is 9.12. The van der Waals surface area contributed by atoms with Crippen molar-refractivity contribution in [3.05, 3.63) is 71.4 Å². The molecule has 7 nitrogen and oxygen atoms in total. The van der Waals surface area contributed by atoms with Crippen molar-refractivity contribution in [2.24, 2.45) is 0 Å². The average molecular weight is 488 g/mol. The van der Waals surface area contributed by atoms with Crippen LogP contribution >= 0.6 is 0 Å². The van der Waals surface area contributed by atoms with Gasteiger partial charge in [0, 0.05) is 23.7 Å². The van der Waals surface area contributed by atoms with Crippen LogP contribution in [-0.2, 0) is 10.3 Å². The van der Waals surface area contributed by atoms with Crippen molar-refractivity contribution < 1.29 is 19.1 Å². The van der Waals surface area contributed by atoms with Crippen LogP contribution in [0.25, 0.3) is 10.9 Å². The Labute approximate surface area is 211 Å². The number of carbonyl (C=O) groups is 2. The molecule has 2 fully saturated rings. The first-order chi connectivity index (χ1) is 17.2. The molecule has 2 aromatic carbocycles. The molecule has 1 aromatic heterocycles. The first-order valence-corrected chi connectivity index (χ1v) is 12.6. The number of hydrogen-bond acceptors (Lipinski definition) is 5. The van der Waals surface area contributed by atoms with Crippen LogP contribution in [0.1, 0.15) is 61.5 Å². The van der Waals surface area contributed by atoms with Crippen LogP contribution in [0, 0.1) is 6.92 Å². The van der Waals surface area contributed by atoms with Gasteiger partial charge in [0.2, 0.25) is 0 Å². The normalized spacial score (nSPS) is 18.3. The predicted octanol–water partition coefficient (Wildman–Crippen LogP) is 5.35. The fourth-order valence-corrected chi connectivity index (χ4v) is 4.69. The van der Waals surface area contributed by atoms with E-state index in [2.05, 4.69) is 22.4 Å². The lowest BCUT2D eigenvalue weighted by Gasteiger charge is -2.41. The molecular weight excluding hydrogens is 454 g/mol. The summed E-state index contributed by atoms with van der Waals surface area (Å²) in [4.78, 5) is 32.0. The van der Waals surface area contributed by atoms with E-state index in [4.69, 9.17) is 9.47 Å².